The Bertz CT molecular complexity index is 1760. The van der Waals surface area contributed by atoms with Gasteiger partial charge in [-0.15, -0.1) is 0 Å². The lowest BCUT2D eigenvalue weighted by Crippen LogP contribution is -2.59. The zero-order valence-corrected chi connectivity index (χ0v) is 40.5. The molecular weight excluding hydrogens is 838 g/mol. The molecule has 3 heterocycles. The molecule has 3 aliphatic heterocycles. The first-order valence-corrected chi connectivity index (χ1v) is 23.9. The van der Waals surface area contributed by atoms with Crippen molar-refractivity contribution in [1.29, 1.82) is 0 Å². The van der Waals surface area contributed by atoms with Gasteiger partial charge in [-0.2, -0.15) is 0 Å². The van der Waals surface area contributed by atoms with Crippen LogP contribution >= 0.6 is 0 Å². The number of carbonyl (C=O) groups is 5. The molecule has 1 saturated carbocycles. The molecule has 1 amide bonds. The third kappa shape index (κ3) is 14.3. The average molecular weight is 916 g/mol. The molecule has 2 N–H and O–H groups in total. The van der Waals surface area contributed by atoms with Crippen LogP contribution in [-0.2, 0) is 47.7 Å². The minimum absolute atomic E-state index is 0.00748. The minimum atomic E-state index is -2.93. The molecule has 15 atom stereocenters. The van der Waals surface area contributed by atoms with Crippen LogP contribution < -0.4 is 0 Å². The zero-order chi connectivity index (χ0) is 48.2. The van der Waals surface area contributed by atoms with E-state index in [9.17, 15) is 34.2 Å². The number of amides is 1. The van der Waals surface area contributed by atoms with Gasteiger partial charge in [0.2, 0.25) is 0 Å². The number of alkyl halides is 1. The van der Waals surface area contributed by atoms with Gasteiger partial charge < -0.3 is 38.8 Å². The number of carbonyl (C=O) groups excluding carboxylic acids is 5. The molecule has 0 radical (unpaired) electrons. The van der Waals surface area contributed by atoms with E-state index < -0.39 is 83.9 Å². The number of cyclic esters (lactones) is 1. The summed E-state index contributed by atoms with van der Waals surface area (Å²) >= 11 is 0. The molecule has 0 aromatic carbocycles. The number of ketones is 3. The summed E-state index contributed by atoms with van der Waals surface area (Å²) in [5, 5.41) is 21.9. The van der Waals surface area contributed by atoms with Crippen molar-refractivity contribution in [3.05, 3.63) is 47.6 Å². The monoisotopic (exact) mass is 916 g/mol. The Balaban J connectivity index is 1.70. The van der Waals surface area contributed by atoms with Gasteiger partial charge in [0, 0.05) is 58.5 Å². The molecule has 2 saturated heterocycles. The molecule has 2 bridgehead atoms. The van der Waals surface area contributed by atoms with Crippen molar-refractivity contribution < 1.29 is 62.3 Å². The summed E-state index contributed by atoms with van der Waals surface area (Å²) in [5.41, 5.74) is 1.22. The van der Waals surface area contributed by atoms with Crippen LogP contribution in [0.5, 0.6) is 0 Å². The highest BCUT2D eigenvalue weighted by Gasteiger charge is 2.55. The van der Waals surface area contributed by atoms with Crippen LogP contribution in [0.1, 0.15) is 126 Å². The Labute approximate surface area is 386 Å². The van der Waals surface area contributed by atoms with Crippen LogP contribution in [0.25, 0.3) is 0 Å². The Hall–Kier alpha value is -3.40. The first-order valence-electron chi connectivity index (χ1n) is 23.9. The number of methoxy groups -OCH3 is 3. The number of hydrogen-bond acceptors (Lipinski definition) is 12. The average Bonchev–Trinajstić information content (AvgIpc) is 3.28. The topological polar surface area (TPSA) is 175 Å². The highest BCUT2D eigenvalue weighted by atomic mass is 19.2. The standard InChI is InChI=1S/C51H78FNO12/c1-30-16-12-11-13-17-31(2)42(61-8)28-38-21-19-36(7)51(52,65-38)48(58)49(59)53-23-15-14-18-39(53)50(60)64-43(33(4)26-37-20-22-40(54)44(27-37)62-9)29-41(55)32(3)25-35(6)46(57)47(63-10)45(56)34(5)24-30/h11-13,16-17,25,30,32-34,36-40,42-44,46-47,54,57H,14-15,18-24,26-29H2,1-10H3/b13-11?,16-12+,31-17?,35-25+/t30-,32-,33-,34-,36-,37+,38+,39+,40-,42+,43?,44-,46-,47+,51-/m1/s1. The van der Waals surface area contributed by atoms with Gasteiger partial charge in [0.25, 0.3) is 17.5 Å². The Morgan fingerprint density at radius 2 is 1.58 bits per heavy atom. The number of aliphatic hydroxyl groups is 2. The van der Waals surface area contributed by atoms with Crippen LogP contribution in [0.4, 0.5) is 4.39 Å². The normalized spacial score (nSPS) is 39.1. The lowest BCUT2D eigenvalue weighted by atomic mass is 9.78. The molecule has 366 valence electrons. The van der Waals surface area contributed by atoms with Crippen molar-refractivity contribution in [1.82, 2.24) is 4.90 Å². The lowest BCUT2D eigenvalue weighted by molar-refractivity contribution is -0.231. The highest BCUT2D eigenvalue weighted by molar-refractivity contribution is 6.39. The fraction of sp³-hybridized carbons (Fsp3) is 0.745. The maximum absolute atomic E-state index is 17.1. The highest BCUT2D eigenvalue weighted by Crippen LogP contribution is 2.40. The SMILES string of the molecule is CO[C@H]1C[C@@H]2CC[C@@H](C)[C@@](F)(O2)C(=O)C(=O)N2CCCC[C@H]2C(=O)OC([C@H](C)C[C@@H]2CC[C@@H](O)[C@H](OC)C2)CC(=O)[C@H](C)/C=C(\C)[C@@H](O)[C@@H](OC)C(=O)[C@H](C)C[C@H](C)/C=C/C=CC=C1C. The number of halogens is 1. The number of ether oxygens (including phenoxy) is 5. The molecule has 4 rings (SSSR count). The van der Waals surface area contributed by atoms with Crippen LogP contribution in [0.15, 0.2) is 47.6 Å². The fourth-order valence-corrected chi connectivity index (χ4v) is 10.1. The largest absolute Gasteiger partial charge is 0.460 e. The second-order valence-corrected chi connectivity index (χ2v) is 19.5. The van der Waals surface area contributed by atoms with E-state index in [2.05, 4.69) is 0 Å². The molecule has 65 heavy (non-hydrogen) atoms. The molecule has 0 aromatic rings. The molecular formula is C51H78FNO12. The summed E-state index contributed by atoms with van der Waals surface area (Å²) < 4.78 is 46.1. The van der Waals surface area contributed by atoms with Crippen LogP contribution in [0.3, 0.4) is 0 Å². The van der Waals surface area contributed by atoms with Crippen molar-refractivity contribution in [2.45, 2.75) is 180 Å². The number of hydrogen-bond donors (Lipinski definition) is 2. The van der Waals surface area contributed by atoms with Gasteiger partial charge in [-0.1, -0.05) is 71.1 Å². The molecule has 0 spiro atoms. The maximum Gasteiger partial charge on any atom is 0.329 e. The predicted molar refractivity (Wildman–Crippen MR) is 244 cm³/mol. The minimum Gasteiger partial charge on any atom is -0.460 e. The van der Waals surface area contributed by atoms with E-state index in [1.165, 1.54) is 7.11 Å². The first-order chi connectivity index (χ1) is 30.7. The number of esters is 1. The van der Waals surface area contributed by atoms with Crippen molar-refractivity contribution in [3.8, 4) is 0 Å². The van der Waals surface area contributed by atoms with E-state index >= 15 is 4.39 Å². The second kappa shape index (κ2) is 25.1. The van der Waals surface area contributed by atoms with Gasteiger partial charge in [-0.3, -0.25) is 19.2 Å². The molecule has 3 fully saturated rings. The van der Waals surface area contributed by atoms with Crippen molar-refractivity contribution in [2.24, 2.45) is 35.5 Å². The van der Waals surface area contributed by atoms with Gasteiger partial charge in [0.1, 0.15) is 30.1 Å². The third-order valence-electron chi connectivity index (χ3n) is 14.4. The number of allylic oxidation sites excluding steroid dienone is 6. The number of aliphatic hydroxyl groups excluding tert-OH is 2. The summed E-state index contributed by atoms with van der Waals surface area (Å²) in [5.74, 6) is -9.16. The zero-order valence-electron chi connectivity index (χ0n) is 40.5. The molecule has 1 aliphatic carbocycles. The number of fused-ring (bicyclic) bond motifs is 3. The summed E-state index contributed by atoms with van der Waals surface area (Å²) in [7, 11) is 4.47. The van der Waals surface area contributed by atoms with E-state index in [1.54, 1.807) is 48.0 Å². The Kier molecular flexibility index (Phi) is 20.9. The van der Waals surface area contributed by atoms with Gasteiger partial charge in [-0.05, 0) is 107 Å². The van der Waals surface area contributed by atoms with E-state index in [1.807, 2.05) is 51.2 Å². The van der Waals surface area contributed by atoms with Gasteiger partial charge >= 0.3 is 5.97 Å². The van der Waals surface area contributed by atoms with E-state index in [4.69, 9.17) is 23.7 Å². The summed E-state index contributed by atoms with van der Waals surface area (Å²) in [6, 6.07) is -1.20. The molecule has 13 nitrogen and oxygen atoms in total. The Morgan fingerprint density at radius 3 is 2.26 bits per heavy atom. The van der Waals surface area contributed by atoms with Gasteiger partial charge in [-0.25, -0.2) is 9.18 Å². The fourth-order valence-electron chi connectivity index (χ4n) is 10.1. The van der Waals surface area contributed by atoms with Gasteiger partial charge in [0.05, 0.1) is 24.4 Å². The summed E-state index contributed by atoms with van der Waals surface area (Å²) in [4.78, 5) is 71.4. The van der Waals surface area contributed by atoms with Crippen LogP contribution in [0, 0.1) is 35.5 Å². The summed E-state index contributed by atoms with van der Waals surface area (Å²) in [6.45, 7) is 12.5. The van der Waals surface area contributed by atoms with Gasteiger partial charge in [0.15, 0.2) is 5.78 Å². The van der Waals surface area contributed by atoms with Crippen molar-refractivity contribution in [2.75, 3.05) is 27.9 Å². The Morgan fingerprint density at radius 1 is 0.862 bits per heavy atom. The molecule has 0 aromatic heterocycles. The number of rotatable bonds is 6. The third-order valence-corrected chi connectivity index (χ3v) is 14.4. The van der Waals surface area contributed by atoms with Crippen LogP contribution in [-0.4, -0.2) is 127 Å². The number of Topliss-reactive ketones (excluding diaryl/α,β-unsaturated/α-hetero) is 3. The maximum atomic E-state index is 17.1. The van der Waals surface area contributed by atoms with Crippen molar-refractivity contribution in [3.63, 3.8) is 0 Å². The van der Waals surface area contributed by atoms with Crippen LogP contribution in [0.2, 0.25) is 0 Å². The first kappa shape index (κ1) is 54.2. The number of nitrogens with zero attached hydrogens (tertiary/aromatic N) is 1. The molecule has 4 aliphatic rings. The van der Waals surface area contributed by atoms with Crippen molar-refractivity contribution >= 4 is 29.2 Å². The van der Waals surface area contributed by atoms with E-state index in [0.717, 1.165) is 10.5 Å². The smallest absolute Gasteiger partial charge is 0.329 e. The van der Waals surface area contributed by atoms with E-state index in [-0.39, 0.29) is 67.7 Å². The molecule has 1 unspecified atom stereocenters. The van der Waals surface area contributed by atoms with E-state index in [0.29, 0.717) is 56.9 Å². The second-order valence-electron chi connectivity index (χ2n) is 19.5. The quantitative estimate of drug-likeness (QED) is 0.157. The lowest BCUT2D eigenvalue weighted by Gasteiger charge is -2.41. The summed E-state index contributed by atoms with van der Waals surface area (Å²) in [6.07, 6.45) is 10.3. The predicted octanol–water partition coefficient (Wildman–Crippen LogP) is 7.16. The number of piperidine rings is 1. The molecule has 14 heteroatoms.